The second kappa shape index (κ2) is 9.53. The maximum absolute atomic E-state index is 11.8. The first-order valence-electron chi connectivity index (χ1n) is 8.33. The van der Waals surface area contributed by atoms with Crippen LogP contribution in [0, 0.1) is 5.92 Å². The van der Waals surface area contributed by atoms with Crippen LogP contribution in [0.15, 0.2) is 24.3 Å². The highest BCUT2D eigenvalue weighted by Gasteiger charge is 2.18. The minimum absolute atomic E-state index is 0.0334. The Balaban J connectivity index is 1.56. The van der Waals surface area contributed by atoms with Gasteiger partial charge in [0.1, 0.15) is 5.75 Å². The molecule has 0 aromatic heterocycles. The summed E-state index contributed by atoms with van der Waals surface area (Å²) in [6, 6.07) is 7.60. The fraction of sp³-hybridized carbons (Fsp3) is 0.611. The summed E-state index contributed by atoms with van der Waals surface area (Å²) in [5.74, 6) is 1.36. The van der Waals surface area contributed by atoms with Gasteiger partial charge in [0, 0.05) is 13.0 Å². The maximum atomic E-state index is 11.8. The first kappa shape index (κ1) is 17.8. The molecule has 0 radical (unpaired) electrons. The van der Waals surface area contributed by atoms with E-state index in [9.17, 15) is 9.90 Å². The molecule has 5 nitrogen and oxygen atoms in total. The van der Waals surface area contributed by atoms with E-state index < -0.39 is 6.10 Å². The Hall–Kier alpha value is -1.59. The Morgan fingerprint density at radius 2 is 2.00 bits per heavy atom. The van der Waals surface area contributed by atoms with E-state index >= 15 is 0 Å². The van der Waals surface area contributed by atoms with Crippen molar-refractivity contribution in [1.82, 2.24) is 5.32 Å². The average molecular weight is 321 g/mol. The molecular weight excluding hydrogens is 294 g/mol. The number of hydrogen-bond donors (Lipinski definition) is 2. The van der Waals surface area contributed by atoms with E-state index in [0.717, 1.165) is 24.2 Å². The van der Waals surface area contributed by atoms with Crippen LogP contribution in [0.25, 0.3) is 0 Å². The van der Waals surface area contributed by atoms with Gasteiger partial charge in [0.25, 0.3) is 0 Å². The lowest BCUT2D eigenvalue weighted by Crippen LogP contribution is -2.35. The van der Waals surface area contributed by atoms with Crippen LogP contribution in [-0.4, -0.2) is 37.4 Å². The highest BCUT2D eigenvalue weighted by atomic mass is 16.5. The van der Waals surface area contributed by atoms with Crippen molar-refractivity contribution in [2.75, 3.05) is 20.3 Å². The Bertz CT molecular complexity index is 468. The van der Waals surface area contributed by atoms with Crippen LogP contribution in [0.3, 0.4) is 0 Å². The third-order valence-corrected chi connectivity index (χ3v) is 4.22. The molecule has 1 fully saturated rings. The fourth-order valence-electron chi connectivity index (χ4n) is 2.87. The zero-order chi connectivity index (χ0) is 16.5. The molecule has 2 rings (SSSR count). The zero-order valence-corrected chi connectivity index (χ0v) is 13.8. The van der Waals surface area contributed by atoms with Gasteiger partial charge in [0.15, 0.2) is 0 Å². The number of benzene rings is 1. The van der Waals surface area contributed by atoms with E-state index in [4.69, 9.17) is 9.47 Å². The quantitative estimate of drug-likeness (QED) is 0.732. The molecule has 0 heterocycles. The number of aliphatic hydroxyl groups excluding tert-OH is 1. The SMILES string of the molecule is COc1ccc(COCC(O)CNC(=O)CC2CCCC2)cc1. The summed E-state index contributed by atoms with van der Waals surface area (Å²) in [7, 11) is 1.63. The predicted molar refractivity (Wildman–Crippen MR) is 88.2 cm³/mol. The standard InChI is InChI=1S/C18H27NO4/c1-22-17-8-6-15(7-9-17)12-23-13-16(20)11-19-18(21)10-14-4-2-3-5-14/h6-9,14,16,20H,2-5,10-13H2,1H3,(H,19,21). The molecule has 0 aliphatic heterocycles. The van der Waals surface area contributed by atoms with Crippen LogP contribution < -0.4 is 10.1 Å². The van der Waals surface area contributed by atoms with Gasteiger partial charge >= 0.3 is 0 Å². The number of carbonyl (C=O) groups excluding carboxylic acids is 1. The van der Waals surface area contributed by atoms with Crippen LogP contribution in [0.5, 0.6) is 5.75 Å². The fourth-order valence-corrected chi connectivity index (χ4v) is 2.87. The molecule has 0 bridgehead atoms. The van der Waals surface area contributed by atoms with E-state index in [1.54, 1.807) is 7.11 Å². The lowest BCUT2D eigenvalue weighted by atomic mass is 10.0. The summed E-state index contributed by atoms with van der Waals surface area (Å²) in [4.78, 5) is 11.8. The number of methoxy groups -OCH3 is 1. The summed E-state index contributed by atoms with van der Waals surface area (Å²) >= 11 is 0. The van der Waals surface area contributed by atoms with Gasteiger partial charge in [0.2, 0.25) is 5.91 Å². The molecule has 1 aromatic rings. The minimum Gasteiger partial charge on any atom is -0.497 e. The summed E-state index contributed by atoms with van der Waals surface area (Å²) < 4.78 is 10.6. The van der Waals surface area contributed by atoms with Crippen LogP contribution in [-0.2, 0) is 16.1 Å². The average Bonchev–Trinajstić information content (AvgIpc) is 3.06. The van der Waals surface area contributed by atoms with E-state index in [2.05, 4.69) is 5.32 Å². The Morgan fingerprint density at radius 3 is 2.65 bits per heavy atom. The van der Waals surface area contributed by atoms with Crippen molar-refractivity contribution < 1.29 is 19.4 Å². The molecule has 1 amide bonds. The third kappa shape index (κ3) is 6.59. The number of amides is 1. The van der Waals surface area contributed by atoms with Gasteiger partial charge in [-0.3, -0.25) is 4.79 Å². The number of nitrogens with one attached hydrogen (secondary N) is 1. The minimum atomic E-state index is -0.680. The Kier molecular flexibility index (Phi) is 7.36. The molecule has 5 heteroatoms. The van der Waals surface area contributed by atoms with Gasteiger partial charge in [-0.15, -0.1) is 0 Å². The number of ether oxygens (including phenoxy) is 2. The predicted octanol–water partition coefficient (Wildman–Crippen LogP) is 2.27. The van der Waals surface area contributed by atoms with Gasteiger partial charge in [-0.2, -0.15) is 0 Å². The maximum Gasteiger partial charge on any atom is 0.220 e. The lowest BCUT2D eigenvalue weighted by molar-refractivity contribution is -0.122. The Labute approximate surface area is 138 Å². The van der Waals surface area contributed by atoms with Crippen molar-refractivity contribution >= 4 is 5.91 Å². The van der Waals surface area contributed by atoms with E-state index in [0.29, 0.717) is 18.9 Å². The molecule has 1 unspecified atom stereocenters. The molecule has 1 aliphatic rings. The Morgan fingerprint density at radius 1 is 1.30 bits per heavy atom. The van der Waals surface area contributed by atoms with Crippen molar-refractivity contribution in [2.45, 2.75) is 44.8 Å². The molecule has 1 aromatic carbocycles. The second-order valence-electron chi connectivity index (χ2n) is 6.18. The first-order valence-corrected chi connectivity index (χ1v) is 8.33. The highest BCUT2D eigenvalue weighted by Crippen LogP contribution is 2.27. The van der Waals surface area contributed by atoms with Crippen molar-refractivity contribution in [2.24, 2.45) is 5.92 Å². The summed E-state index contributed by atoms with van der Waals surface area (Å²) in [6.07, 6.45) is 4.68. The van der Waals surface area contributed by atoms with Crippen molar-refractivity contribution in [3.05, 3.63) is 29.8 Å². The molecule has 1 saturated carbocycles. The van der Waals surface area contributed by atoms with Crippen molar-refractivity contribution in [1.29, 1.82) is 0 Å². The lowest BCUT2D eigenvalue weighted by Gasteiger charge is -2.14. The topological polar surface area (TPSA) is 67.8 Å². The van der Waals surface area contributed by atoms with Crippen LogP contribution in [0.2, 0.25) is 0 Å². The zero-order valence-electron chi connectivity index (χ0n) is 13.8. The highest BCUT2D eigenvalue weighted by molar-refractivity contribution is 5.76. The molecule has 0 saturated heterocycles. The molecule has 1 aliphatic carbocycles. The third-order valence-electron chi connectivity index (χ3n) is 4.22. The van der Waals surface area contributed by atoms with E-state index in [1.165, 1.54) is 12.8 Å². The number of aliphatic hydroxyl groups is 1. The van der Waals surface area contributed by atoms with Crippen molar-refractivity contribution in [3.8, 4) is 5.75 Å². The number of carbonyl (C=O) groups is 1. The van der Waals surface area contributed by atoms with Gasteiger partial charge in [-0.25, -0.2) is 0 Å². The molecule has 1 atom stereocenters. The van der Waals surface area contributed by atoms with Gasteiger partial charge in [0.05, 0.1) is 26.4 Å². The second-order valence-corrected chi connectivity index (χ2v) is 6.18. The summed E-state index contributed by atoms with van der Waals surface area (Å²) in [6.45, 7) is 0.876. The van der Waals surface area contributed by atoms with Gasteiger partial charge < -0.3 is 19.9 Å². The van der Waals surface area contributed by atoms with E-state index in [-0.39, 0.29) is 19.1 Å². The van der Waals surface area contributed by atoms with Crippen molar-refractivity contribution in [3.63, 3.8) is 0 Å². The van der Waals surface area contributed by atoms with Gasteiger partial charge in [-0.05, 0) is 36.5 Å². The van der Waals surface area contributed by atoms with Crippen LogP contribution >= 0.6 is 0 Å². The molecule has 0 spiro atoms. The first-order chi connectivity index (χ1) is 11.2. The van der Waals surface area contributed by atoms with E-state index in [1.807, 2.05) is 24.3 Å². The number of rotatable bonds is 9. The molecular formula is C18H27NO4. The van der Waals surface area contributed by atoms with Crippen LogP contribution in [0.1, 0.15) is 37.7 Å². The monoisotopic (exact) mass is 321 g/mol. The van der Waals surface area contributed by atoms with Crippen LogP contribution in [0.4, 0.5) is 0 Å². The smallest absolute Gasteiger partial charge is 0.220 e. The normalized spacial score (nSPS) is 16.3. The van der Waals surface area contributed by atoms with Gasteiger partial charge in [-0.1, -0.05) is 25.0 Å². The molecule has 128 valence electrons. The summed E-state index contributed by atoms with van der Waals surface area (Å²) in [5.41, 5.74) is 1.02. The number of hydrogen-bond acceptors (Lipinski definition) is 4. The summed E-state index contributed by atoms with van der Waals surface area (Å²) in [5, 5.41) is 12.6. The molecule has 2 N–H and O–H groups in total. The largest absolute Gasteiger partial charge is 0.497 e. The molecule has 23 heavy (non-hydrogen) atoms.